The van der Waals surface area contributed by atoms with Crippen molar-refractivity contribution >= 4 is 17.6 Å². The average molecular weight is 251 g/mol. The SMILES string of the molecule is CCOC(=O)C(F)Oc1ccc(F)cc1Cl. The first-order chi connectivity index (χ1) is 7.54. The maximum atomic E-state index is 13.1. The fraction of sp³-hybridized carbons (Fsp3) is 0.300. The second-order valence-electron chi connectivity index (χ2n) is 2.76. The van der Waals surface area contributed by atoms with Gasteiger partial charge in [-0.2, -0.15) is 4.39 Å². The van der Waals surface area contributed by atoms with Crippen molar-refractivity contribution in [3.05, 3.63) is 29.0 Å². The lowest BCUT2D eigenvalue weighted by Crippen LogP contribution is -2.24. The number of ether oxygens (including phenoxy) is 2. The molecule has 0 bridgehead atoms. The van der Waals surface area contributed by atoms with Crippen molar-refractivity contribution in [3.8, 4) is 5.75 Å². The zero-order valence-electron chi connectivity index (χ0n) is 8.38. The van der Waals surface area contributed by atoms with Crippen molar-refractivity contribution in [3.63, 3.8) is 0 Å². The zero-order chi connectivity index (χ0) is 12.1. The molecule has 1 rings (SSSR count). The monoisotopic (exact) mass is 250 g/mol. The first-order valence-electron chi connectivity index (χ1n) is 4.47. The minimum absolute atomic E-state index is 0.0414. The number of halogens is 3. The average Bonchev–Trinajstić information content (AvgIpc) is 2.22. The Hall–Kier alpha value is -1.36. The highest BCUT2D eigenvalue weighted by atomic mass is 35.5. The highest BCUT2D eigenvalue weighted by molar-refractivity contribution is 6.32. The van der Waals surface area contributed by atoms with Gasteiger partial charge in [-0.25, -0.2) is 9.18 Å². The predicted octanol–water partition coefficient (Wildman–Crippen LogP) is 2.72. The Balaban J connectivity index is 2.69. The van der Waals surface area contributed by atoms with E-state index >= 15 is 0 Å². The molecule has 16 heavy (non-hydrogen) atoms. The van der Waals surface area contributed by atoms with E-state index in [2.05, 4.69) is 9.47 Å². The summed E-state index contributed by atoms with van der Waals surface area (Å²) in [5.41, 5.74) is 0. The summed E-state index contributed by atoms with van der Waals surface area (Å²) in [5.74, 6) is -1.85. The maximum absolute atomic E-state index is 13.1. The summed E-state index contributed by atoms with van der Waals surface area (Å²) in [4.78, 5) is 10.9. The lowest BCUT2D eigenvalue weighted by molar-refractivity contribution is -0.159. The van der Waals surface area contributed by atoms with Crippen molar-refractivity contribution < 1.29 is 23.0 Å². The molecule has 0 saturated heterocycles. The zero-order valence-corrected chi connectivity index (χ0v) is 9.13. The van der Waals surface area contributed by atoms with E-state index < -0.39 is 18.1 Å². The quantitative estimate of drug-likeness (QED) is 0.771. The number of hydrogen-bond acceptors (Lipinski definition) is 3. The minimum atomic E-state index is -2.28. The number of carbonyl (C=O) groups is 1. The minimum Gasteiger partial charge on any atom is -0.461 e. The van der Waals surface area contributed by atoms with Crippen molar-refractivity contribution in [1.29, 1.82) is 0 Å². The smallest absolute Gasteiger partial charge is 0.381 e. The van der Waals surface area contributed by atoms with Crippen molar-refractivity contribution in [1.82, 2.24) is 0 Å². The van der Waals surface area contributed by atoms with Gasteiger partial charge in [0, 0.05) is 0 Å². The van der Waals surface area contributed by atoms with Crippen molar-refractivity contribution in [2.45, 2.75) is 13.3 Å². The summed E-state index contributed by atoms with van der Waals surface area (Å²) in [6.07, 6.45) is -2.28. The van der Waals surface area contributed by atoms with Gasteiger partial charge in [0.1, 0.15) is 11.6 Å². The molecule has 1 atom stereocenters. The van der Waals surface area contributed by atoms with Crippen molar-refractivity contribution in [2.24, 2.45) is 0 Å². The summed E-state index contributed by atoms with van der Waals surface area (Å²) < 4.78 is 34.7. The molecule has 6 heteroatoms. The van der Waals surface area contributed by atoms with Crippen LogP contribution in [0.5, 0.6) is 5.75 Å². The van der Waals surface area contributed by atoms with Crippen LogP contribution >= 0.6 is 11.6 Å². The molecule has 0 aliphatic heterocycles. The van der Waals surface area contributed by atoms with E-state index in [4.69, 9.17) is 11.6 Å². The van der Waals surface area contributed by atoms with E-state index in [-0.39, 0.29) is 17.4 Å². The number of hydrogen-bond donors (Lipinski definition) is 0. The number of carbonyl (C=O) groups excluding carboxylic acids is 1. The van der Waals surface area contributed by atoms with Crippen LogP contribution in [0.25, 0.3) is 0 Å². The fourth-order valence-corrected chi connectivity index (χ4v) is 1.15. The van der Waals surface area contributed by atoms with Crippen molar-refractivity contribution in [2.75, 3.05) is 6.61 Å². The third-order valence-corrected chi connectivity index (χ3v) is 1.89. The number of alkyl halides is 1. The summed E-state index contributed by atoms with van der Waals surface area (Å²) >= 11 is 5.57. The first-order valence-corrected chi connectivity index (χ1v) is 4.84. The van der Waals surface area contributed by atoms with Gasteiger partial charge in [-0.05, 0) is 25.1 Å². The molecule has 0 aliphatic rings. The Labute approximate surface area is 95.9 Å². The molecule has 0 spiro atoms. The summed E-state index contributed by atoms with van der Waals surface area (Å²) in [7, 11) is 0. The lowest BCUT2D eigenvalue weighted by Gasteiger charge is -2.11. The van der Waals surface area contributed by atoms with E-state index in [1.165, 1.54) is 6.92 Å². The summed E-state index contributed by atoms with van der Waals surface area (Å²) in [6, 6.07) is 3.12. The molecule has 0 aromatic heterocycles. The molecule has 0 heterocycles. The first kappa shape index (κ1) is 12.7. The number of benzene rings is 1. The molecular weight excluding hydrogens is 242 g/mol. The molecule has 0 amide bonds. The van der Waals surface area contributed by atoms with Gasteiger partial charge in [-0.15, -0.1) is 0 Å². The topological polar surface area (TPSA) is 35.5 Å². The van der Waals surface area contributed by atoms with Gasteiger partial charge in [-0.1, -0.05) is 11.6 Å². The molecule has 88 valence electrons. The van der Waals surface area contributed by atoms with Crippen LogP contribution in [-0.4, -0.2) is 18.9 Å². The second-order valence-corrected chi connectivity index (χ2v) is 3.17. The van der Waals surface area contributed by atoms with Crippen LogP contribution in [0, 0.1) is 5.82 Å². The lowest BCUT2D eigenvalue weighted by atomic mass is 10.3. The third-order valence-electron chi connectivity index (χ3n) is 1.60. The Kier molecular flexibility index (Phi) is 4.49. The van der Waals surface area contributed by atoms with Crippen LogP contribution in [0.15, 0.2) is 18.2 Å². The Morgan fingerprint density at radius 3 is 2.81 bits per heavy atom. The highest BCUT2D eigenvalue weighted by Gasteiger charge is 2.21. The third kappa shape index (κ3) is 3.34. The predicted molar refractivity (Wildman–Crippen MR) is 53.6 cm³/mol. The molecule has 0 N–H and O–H groups in total. The van der Waals surface area contributed by atoms with E-state index in [9.17, 15) is 13.6 Å². The van der Waals surface area contributed by atoms with E-state index in [0.717, 1.165) is 18.2 Å². The molecular formula is C10H9ClF2O3. The van der Waals surface area contributed by atoms with Gasteiger partial charge < -0.3 is 9.47 Å². The Morgan fingerprint density at radius 1 is 1.56 bits per heavy atom. The molecule has 1 aromatic carbocycles. The van der Waals surface area contributed by atoms with Gasteiger partial charge in [-0.3, -0.25) is 0 Å². The van der Waals surface area contributed by atoms with E-state index in [1.54, 1.807) is 0 Å². The standard InChI is InChI=1S/C10H9ClF2O3/c1-2-15-10(14)9(13)16-8-4-3-6(12)5-7(8)11/h3-5,9H,2H2,1H3. The maximum Gasteiger partial charge on any atom is 0.381 e. The van der Waals surface area contributed by atoms with E-state index in [1.807, 2.05) is 0 Å². The van der Waals surface area contributed by atoms with Crippen LogP contribution < -0.4 is 4.74 Å². The number of esters is 1. The van der Waals surface area contributed by atoms with Crippen LogP contribution in [0.4, 0.5) is 8.78 Å². The molecule has 1 aromatic rings. The molecule has 0 fully saturated rings. The highest BCUT2D eigenvalue weighted by Crippen LogP contribution is 2.26. The number of rotatable bonds is 4. The molecule has 0 aliphatic carbocycles. The molecule has 1 unspecified atom stereocenters. The van der Waals surface area contributed by atoms with Gasteiger partial charge in [0.15, 0.2) is 0 Å². The Morgan fingerprint density at radius 2 is 2.25 bits per heavy atom. The normalized spacial score (nSPS) is 12.0. The van der Waals surface area contributed by atoms with Crippen LogP contribution in [-0.2, 0) is 9.53 Å². The van der Waals surface area contributed by atoms with Gasteiger partial charge in [0.05, 0.1) is 11.6 Å². The van der Waals surface area contributed by atoms with Gasteiger partial charge in [0.25, 0.3) is 0 Å². The second kappa shape index (κ2) is 5.65. The fourth-order valence-electron chi connectivity index (χ4n) is 0.938. The van der Waals surface area contributed by atoms with E-state index in [0.29, 0.717) is 0 Å². The summed E-state index contributed by atoms with van der Waals surface area (Å²) in [6.45, 7) is 1.58. The molecule has 3 nitrogen and oxygen atoms in total. The molecule has 0 saturated carbocycles. The van der Waals surface area contributed by atoms with Gasteiger partial charge in [0.2, 0.25) is 0 Å². The van der Waals surface area contributed by atoms with Gasteiger partial charge >= 0.3 is 12.3 Å². The van der Waals surface area contributed by atoms with Crippen LogP contribution in [0.1, 0.15) is 6.92 Å². The van der Waals surface area contributed by atoms with Crippen LogP contribution in [0.3, 0.4) is 0 Å². The molecule has 0 radical (unpaired) electrons. The largest absolute Gasteiger partial charge is 0.461 e. The van der Waals surface area contributed by atoms with Crippen LogP contribution in [0.2, 0.25) is 5.02 Å². The Bertz CT molecular complexity index is 384. The summed E-state index contributed by atoms with van der Waals surface area (Å²) in [5, 5.41) is -0.119.